The minimum absolute atomic E-state index is 0.0127. The Balaban J connectivity index is 2.77. The second-order valence-electron chi connectivity index (χ2n) is 3.21. The van der Waals surface area contributed by atoms with E-state index in [2.05, 4.69) is 0 Å². The zero-order valence-electron chi connectivity index (χ0n) is 9.07. The minimum atomic E-state index is -2.20. The average molecular weight is 271 g/mol. The van der Waals surface area contributed by atoms with Crippen molar-refractivity contribution in [2.75, 3.05) is 31.7 Å². The number of nitrogens with one attached hydrogen (secondary N) is 1. The molecule has 1 aromatic rings. The lowest BCUT2D eigenvalue weighted by Crippen LogP contribution is -2.15. The van der Waals surface area contributed by atoms with Crippen LogP contribution in [0.4, 0.5) is 27.6 Å². The van der Waals surface area contributed by atoms with E-state index in [1.54, 1.807) is 0 Å². The van der Waals surface area contributed by atoms with Crippen LogP contribution in [0.5, 0.6) is 0 Å². The van der Waals surface area contributed by atoms with Gasteiger partial charge in [-0.3, -0.25) is 0 Å². The van der Waals surface area contributed by atoms with Crippen molar-refractivity contribution in [1.82, 2.24) is 0 Å². The number of hydrogen-bond acceptors (Lipinski definition) is 3. The summed E-state index contributed by atoms with van der Waals surface area (Å²) in [5.74, 6) is -10.1. The van der Waals surface area contributed by atoms with Crippen molar-refractivity contribution in [3.05, 3.63) is 29.1 Å². The number of hydrogen-bond donors (Lipinski definition) is 2. The van der Waals surface area contributed by atoms with Gasteiger partial charge in [0, 0.05) is 6.54 Å². The summed E-state index contributed by atoms with van der Waals surface area (Å²) in [6.45, 7) is -0.445. The zero-order valence-corrected chi connectivity index (χ0v) is 9.07. The summed E-state index contributed by atoms with van der Waals surface area (Å²) in [7, 11) is 0. The zero-order chi connectivity index (χ0) is 13.7. The van der Waals surface area contributed by atoms with Gasteiger partial charge >= 0.3 is 0 Å². The molecule has 0 heterocycles. The molecule has 3 nitrogen and oxygen atoms in total. The van der Waals surface area contributed by atoms with Gasteiger partial charge in [0.2, 0.25) is 5.82 Å². The van der Waals surface area contributed by atoms with Gasteiger partial charge in [-0.1, -0.05) is 0 Å². The van der Waals surface area contributed by atoms with Crippen molar-refractivity contribution in [2.24, 2.45) is 0 Å². The van der Waals surface area contributed by atoms with Crippen LogP contribution in [0.3, 0.4) is 0 Å². The third kappa shape index (κ3) is 3.08. The summed E-state index contributed by atoms with van der Waals surface area (Å²) in [6.07, 6.45) is 0. The van der Waals surface area contributed by atoms with E-state index in [9.17, 15) is 22.0 Å². The molecule has 0 atom stereocenters. The molecular weight excluding hydrogens is 261 g/mol. The van der Waals surface area contributed by atoms with E-state index in [1.807, 2.05) is 5.32 Å². The molecule has 0 amide bonds. The fraction of sp³-hybridized carbons (Fsp3) is 0.400. The standard InChI is InChI=1S/C10H10F5NO2/c11-5-6(12)8(14)10(9(15)7(5)13)16-1-3-18-4-2-17/h16-17H,1-4H2. The maximum atomic E-state index is 13.1. The molecule has 0 radical (unpaired) electrons. The van der Waals surface area contributed by atoms with Gasteiger partial charge in [-0.15, -0.1) is 0 Å². The monoisotopic (exact) mass is 271 g/mol. The van der Waals surface area contributed by atoms with Crippen molar-refractivity contribution in [2.45, 2.75) is 0 Å². The first-order valence-corrected chi connectivity index (χ1v) is 4.94. The second kappa shape index (κ2) is 6.50. The van der Waals surface area contributed by atoms with Gasteiger partial charge in [-0.2, -0.15) is 0 Å². The summed E-state index contributed by atoms with van der Waals surface area (Å²) >= 11 is 0. The predicted octanol–water partition coefficient (Wildman–Crippen LogP) is 1.80. The average Bonchev–Trinajstić information content (AvgIpc) is 2.37. The molecule has 18 heavy (non-hydrogen) atoms. The van der Waals surface area contributed by atoms with Crippen molar-refractivity contribution in [3.8, 4) is 0 Å². The van der Waals surface area contributed by atoms with E-state index in [0.29, 0.717) is 0 Å². The number of benzene rings is 1. The smallest absolute Gasteiger partial charge is 0.200 e. The second-order valence-corrected chi connectivity index (χ2v) is 3.21. The Morgan fingerprint density at radius 1 is 0.833 bits per heavy atom. The van der Waals surface area contributed by atoms with E-state index >= 15 is 0 Å². The first kappa shape index (κ1) is 14.7. The third-order valence-electron chi connectivity index (χ3n) is 1.99. The Morgan fingerprint density at radius 2 is 1.33 bits per heavy atom. The maximum absolute atomic E-state index is 13.1. The number of anilines is 1. The van der Waals surface area contributed by atoms with Gasteiger partial charge in [0.25, 0.3) is 0 Å². The van der Waals surface area contributed by atoms with Crippen LogP contribution in [-0.2, 0) is 4.74 Å². The maximum Gasteiger partial charge on any atom is 0.200 e. The Morgan fingerprint density at radius 3 is 1.83 bits per heavy atom. The van der Waals surface area contributed by atoms with Gasteiger partial charge in [0.15, 0.2) is 23.3 Å². The van der Waals surface area contributed by atoms with Crippen LogP contribution in [0.2, 0.25) is 0 Å². The molecular formula is C10H10F5NO2. The van der Waals surface area contributed by atoms with E-state index < -0.39 is 34.8 Å². The molecule has 0 aromatic heterocycles. The normalized spacial score (nSPS) is 10.8. The molecule has 0 aliphatic rings. The van der Waals surface area contributed by atoms with Gasteiger partial charge in [0.05, 0.1) is 19.8 Å². The van der Waals surface area contributed by atoms with Crippen molar-refractivity contribution >= 4 is 5.69 Å². The van der Waals surface area contributed by atoms with E-state index in [0.717, 1.165) is 0 Å². The van der Waals surface area contributed by atoms with E-state index in [1.165, 1.54) is 0 Å². The number of halogens is 5. The van der Waals surface area contributed by atoms with Gasteiger partial charge < -0.3 is 15.2 Å². The van der Waals surface area contributed by atoms with Crippen molar-refractivity contribution in [3.63, 3.8) is 0 Å². The molecule has 2 N–H and O–H groups in total. The predicted molar refractivity (Wildman–Crippen MR) is 52.6 cm³/mol. The highest BCUT2D eigenvalue weighted by molar-refractivity contribution is 5.47. The van der Waals surface area contributed by atoms with Crippen LogP contribution in [0, 0.1) is 29.1 Å². The lowest BCUT2D eigenvalue weighted by molar-refractivity contribution is 0.0991. The molecule has 1 aromatic carbocycles. The molecule has 8 heteroatoms. The summed E-state index contributed by atoms with van der Waals surface area (Å²) in [5.41, 5.74) is -1.10. The summed E-state index contributed by atoms with van der Waals surface area (Å²) < 4.78 is 69.2. The highest BCUT2D eigenvalue weighted by Gasteiger charge is 2.25. The SMILES string of the molecule is OCCOCCNc1c(F)c(F)c(F)c(F)c1F. The molecule has 0 aliphatic heterocycles. The van der Waals surface area contributed by atoms with Crippen molar-refractivity contribution < 1.29 is 31.8 Å². The molecule has 0 aliphatic carbocycles. The highest BCUT2D eigenvalue weighted by Crippen LogP contribution is 2.26. The molecule has 102 valence electrons. The van der Waals surface area contributed by atoms with Crippen LogP contribution >= 0.6 is 0 Å². The number of rotatable bonds is 6. The molecule has 1 rings (SSSR count). The molecule has 0 saturated heterocycles. The minimum Gasteiger partial charge on any atom is -0.394 e. The van der Waals surface area contributed by atoms with Gasteiger partial charge in [-0.05, 0) is 0 Å². The molecule has 0 spiro atoms. The van der Waals surface area contributed by atoms with Crippen LogP contribution < -0.4 is 5.32 Å². The Bertz CT molecular complexity index is 398. The largest absolute Gasteiger partial charge is 0.394 e. The first-order valence-electron chi connectivity index (χ1n) is 4.94. The topological polar surface area (TPSA) is 41.5 Å². The van der Waals surface area contributed by atoms with Crippen LogP contribution in [-0.4, -0.2) is 31.5 Å². The Kier molecular flexibility index (Phi) is 5.29. The number of ether oxygens (including phenoxy) is 1. The van der Waals surface area contributed by atoms with Gasteiger partial charge in [-0.25, -0.2) is 22.0 Å². The highest BCUT2D eigenvalue weighted by atomic mass is 19.2. The van der Waals surface area contributed by atoms with Crippen LogP contribution in [0.1, 0.15) is 0 Å². The third-order valence-corrected chi connectivity index (χ3v) is 1.99. The summed E-state index contributed by atoms with van der Waals surface area (Å²) in [5, 5.41) is 10.4. The van der Waals surface area contributed by atoms with Crippen molar-refractivity contribution in [1.29, 1.82) is 0 Å². The quantitative estimate of drug-likeness (QED) is 0.359. The lowest BCUT2D eigenvalue weighted by atomic mass is 10.2. The molecule has 0 fully saturated rings. The molecule has 0 bridgehead atoms. The number of aliphatic hydroxyl groups is 1. The lowest BCUT2D eigenvalue weighted by Gasteiger charge is -2.10. The molecule has 0 saturated carbocycles. The van der Waals surface area contributed by atoms with Crippen LogP contribution in [0.25, 0.3) is 0 Å². The van der Waals surface area contributed by atoms with Gasteiger partial charge in [0.1, 0.15) is 5.69 Å². The van der Waals surface area contributed by atoms with E-state index in [4.69, 9.17) is 9.84 Å². The summed E-state index contributed by atoms with van der Waals surface area (Å²) in [6, 6.07) is 0. The Hall–Kier alpha value is -1.41. The molecule has 0 unspecified atom stereocenters. The fourth-order valence-electron chi connectivity index (χ4n) is 1.17. The van der Waals surface area contributed by atoms with E-state index in [-0.39, 0.29) is 26.4 Å². The summed E-state index contributed by atoms with van der Waals surface area (Å²) in [4.78, 5) is 0. The fourth-order valence-corrected chi connectivity index (χ4v) is 1.17. The number of aliphatic hydroxyl groups excluding tert-OH is 1. The Labute approximate surface area is 99.2 Å². The van der Waals surface area contributed by atoms with Crippen LogP contribution in [0.15, 0.2) is 0 Å². The first-order chi connectivity index (χ1) is 8.50.